The van der Waals surface area contributed by atoms with Crippen LogP contribution in [0.3, 0.4) is 0 Å². The normalized spacial score (nSPS) is 15.7. The second kappa shape index (κ2) is 8.48. The monoisotopic (exact) mass is 190 g/mol. The Morgan fingerprint density at radius 3 is 2.46 bits per heavy atom. The van der Waals surface area contributed by atoms with Gasteiger partial charge in [0, 0.05) is 6.61 Å². The van der Waals surface area contributed by atoms with Crippen molar-refractivity contribution in [3.05, 3.63) is 0 Å². The Morgan fingerprint density at radius 2 is 1.92 bits per heavy atom. The largest absolute Gasteiger partial charge is 0.376 e. The fourth-order valence-electron chi connectivity index (χ4n) is 0.841. The molecule has 0 aliphatic heterocycles. The van der Waals surface area contributed by atoms with Gasteiger partial charge in [0.2, 0.25) is 0 Å². The zero-order valence-corrected chi connectivity index (χ0v) is 8.95. The summed E-state index contributed by atoms with van der Waals surface area (Å²) in [5.74, 6) is 0. The summed E-state index contributed by atoms with van der Waals surface area (Å²) in [5.41, 5.74) is 0. The van der Waals surface area contributed by atoms with Crippen LogP contribution in [0.25, 0.3) is 0 Å². The lowest BCUT2D eigenvalue weighted by Crippen LogP contribution is -2.21. The molecule has 0 saturated carbocycles. The quantitative estimate of drug-likeness (QED) is 0.469. The topological polar surface area (TPSA) is 38.7 Å². The molecule has 0 fully saturated rings. The lowest BCUT2D eigenvalue weighted by Gasteiger charge is -2.15. The van der Waals surface area contributed by atoms with Crippen LogP contribution in [0.2, 0.25) is 0 Å². The van der Waals surface area contributed by atoms with Crippen molar-refractivity contribution < 1.29 is 14.6 Å². The minimum atomic E-state index is -0.641. The third-order valence-corrected chi connectivity index (χ3v) is 1.77. The van der Waals surface area contributed by atoms with E-state index in [-0.39, 0.29) is 6.10 Å². The summed E-state index contributed by atoms with van der Waals surface area (Å²) >= 11 is 0. The molecule has 3 nitrogen and oxygen atoms in total. The molecule has 3 heteroatoms. The van der Waals surface area contributed by atoms with Crippen molar-refractivity contribution in [2.24, 2.45) is 0 Å². The summed E-state index contributed by atoms with van der Waals surface area (Å²) in [7, 11) is 0. The predicted molar refractivity (Wildman–Crippen MR) is 52.6 cm³/mol. The van der Waals surface area contributed by atoms with E-state index in [2.05, 4.69) is 6.92 Å². The van der Waals surface area contributed by atoms with E-state index < -0.39 is 6.29 Å². The lowest BCUT2D eigenvalue weighted by atomic mass is 10.3. The summed E-state index contributed by atoms with van der Waals surface area (Å²) in [6.07, 6.45) is 2.29. The maximum Gasteiger partial charge on any atom is 0.154 e. The maximum absolute atomic E-state index is 9.10. The van der Waals surface area contributed by atoms with E-state index in [1.54, 1.807) is 0 Å². The van der Waals surface area contributed by atoms with Crippen molar-refractivity contribution in [3.63, 3.8) is 0 Å². The van der Waals surface area contributed by atoms with Crippen LogP contribution in [0.1, 0.15) is 40.0 Å². The van der Waals surface area contributed by atoms with Crippen molar-refractivity contribution >= 4 is 0 Å². The molecule has 0 bridgehead atoms. The van der Waals surface area contributed by atoms with Gasteiger partial charge in [0.05, 0.1) is 12.7 Å². The summed E-state index contributed by atoms with van der Waals surface area (Å²) in [5, 5.41) is 9.10. The molecule has 0 rings (SSSR count). The van der Waals surface area contributed by atoms with Crippen LogP contribution in [-0.4, -0.2) is 30.7 Å². The van der Waals surface area contributed by atoms with E-state index in [1.807, 2.05) is 13.8 Å². The Hall–Kier alpha value is -0.120. The van der Waals surface area contributed by atoms with Crippen molar-refractivity contribution in [1.82, 2.24) is 0 Å². The van der Waals surface area contributed by atoms with Crippen LogP contribution in [0.4, 0.5) is 0 Å². The zero-order valence-electron chi connectivity index (χ0n) is 8.95. The molecule has 80 valence electrons. The van der Waals surface area contributed by atoms with Crippen molar-refractivity contribution in [3.8, 4) is 0 Å². The molecule has 2 atom stereocenters. The second-order valence-electron chi connectivity index (χ2n) is 3.23. The van der Waals surface area contributed by atoms with Gasteiger partial charge in [-0.05, 0) is 19.8 Å². The van der Waals surface area contributed by atoms with E-state index in [0.29, 0.717) is 13.0 Å². The summed E-state index contributed by atoms with van der Waals surface area (Å²) in [6, 6.07) is 0. The number of unbranched alkanes of at least 4 members (excludes halogenated alkanes) is 1. The van der Waals surface area contributed by atoms with Gasteiger partial charge in [0.1, 0.15) is 0 Å². The van der Waals surface area contributed by atoms with Gasteiger partial charge in [0.25, 0.3) is 0 Å². The second-order valence-corrected chi connectivity index (χ2v) is 3.23. The van der Waals surface area contributed by atoms with Crippen LogP contribution in [0.15, 0.2) is 0 Å². The highest BCUT2D eigenvalue weighted by molar-refractivity contribution is 4.48. The first-order valence-electron chi connectivity index (χ1n) is 5.12. The van der Waals surface area contributed by atoms with Gasteiger partial charge < -0.3 is 14.6 Å². The molecule has 0 aromatic carbocycles. The molecule has 1 N–H and O–H groups in total. The van der Waals surface area contributed by atoms with E-state index in [4.69, 9.17) is 14.6 Å². The smallest absolute Gasteiger partial charge is 0.154 e. The summed E-state index contributed by atoms with van der Waals surface area (Å²) < 4.78 is 10.6. The van der Waals surface area contributed by atoms with Gasteiger partial charge in [-0.1, -0.05) is 20.3 Å². The molecule has 0 aromatic rings. The fourth-order valence-corrected chi connectivity index (χ4v) is 0.841. The highest BCUT2D eigenvalue weighted by Gasteiger charge is 2.05. The molecule has 0 spiro atoms. The van der Waals surface area contributed by atoms with Gasteiger partial charge in [0.15, 0.2) is 6.29 Å². The van der Waals surface area contributed by atoms with Gasteiger partial charge in [-0.2, -0.15) is 0 Å². The first-order valence-corrected chi connectivity index (χ1v) is 5.12. The van der Waals surface area contributed by atoms with Crippen molar-refractivity contribution in [1.29, 1.82) is 0 Å². The Bertz CT molecular complexity index is 106. The molecule has 0 saturated heterocycles. The number of aliphatic hydroxyl groups is 1. The lowest BCUT2D eigenvalue weighted by molar-refractivity contribution is -0.128. The van der Waals surface area contributed by atoms with E-state index in [0.717, 1.165) is 19.4 Å². The molecule has 0 aliphatic carbocycles. The standard InChI is InChI=1S/C10H22O3/c1-4-6-7-12-9(3)8-13-10(11)5-2/h9-11H,4-8H2,1-3H3. The summed E-state index contributed by atoms with van der Waals surface area (Å²) in [6.45, 7) is 7.22. The van der Waals surface area contributed by atoms with Crippen molar-refractivity contribution in [2.45, 2.75) is 52.4 Å². The zero-order chi connectivity index (χ0) is 10.1. The third kappa shape index (κ3) is 8.22. The van der Waals surface area contributed by atoms with E-state index in [9.17, 15) is 0 Å². The van der Waals surface area contributed by atoms with Crippen LogP contribution in [-0.2, 0) is 9.47 Å². The Labute approximate surface area is 81.0 Å². The first kappa shape index (κ1) is 12.9. The minimum Gasteiger partial charge on any atom is -0.376 e. The van der Waals surface area contributed by atoms with Crippen molar-refractivity contribution in [2.75, 3.05) is 13.2 Å². The van der Waals surface area contributed by atoms with Gasteiger partial charge in [-0.25, -0.2) is 0 Å². The third-order valence-electron chi connectivity index (χ3n) is 1.77. The molecular formula is C10H22O3. The maximum atomic E-state index is 9.10. The van der Waals surface area contributed by atoms with Gasteiger partial charge in [-0.3, -0.25) is 0 Å². The number of rotatable bonds is 8. The summed E-state index contributed by atoms with van der Waals surface area (Å²) in [4.78, 5) is 0. The molecule has 0 amide bonds. The molecule has 13 heavy (non-hydrogen) atoms. The molecule has 0 radical (unpaired) electrons. The number of hydrogen-bond donors (Lipinski definition) is 1. The Morgan fingerprint density at radius 1 is 1.23 bits per heavy atom. The van der Waals surface area contributed by atoms with E-state index in [1.165, 1.54) is 0 Å². The SMILES string of the molecule is CCCCOC(C)COC(O)CC. The minimum absolute atomic E-state index is 0.0766. The highest BCUT2D eigenvalue weighted by Crippen LogP contribution is 1.99. The number of aliphatic hydroxyl groups excluding tert-OH is 1. The van der Waals surface area contributed by atoms with Crippen LogP contribution < -0.4 is 0 Å². The molecule has 2 unspecified atom stereocenters. The average molecular weight is 190 g/mol. The van der Waals surface area contributed by atoms with E-state index >= 15 is 0 Å². The van der Waals surface area contributed by atoms with Crippen LogP contribution >= 0.6 is 0 Å². The van der Waals surface area contributed by atoms with Gasteiger partial charge in [-0.15, -0.1) is 0 Å². The average Bonchev–Trinajstić information content (AvgIpc) is 2.14. The first-order chi connectivity index (χ1) is 6.20. The molecule has 0 aromatic heterocycles. The van der Waals surface area contributed by atoms with Crippen LogP contribution in [0, 0.1) is 0 Å². The Balaban J connectivity index is 3.24. The van der Waals surface area contributed by atoms with Crippen LogP contribution in [0.5, 0.6) is 0 Å². The number of ether oxygens (including phenoxy) is 2. The molecular weight excluding hydrogens is 168 g/mol. The highest BCUT2D eigenvalue weighted by atomic mass is 16.6. The Kier molecular flexibility index (Phi) is 8.40. The molecule has 0 aliphatic rings. The fraction of sp³-hybridized carbons (Fsp3) is 1.00. The van der Waals surface area contributed by atoms with Gasteiger partial charge >= 0.3 is 0 Å². The molecule has 0 heterocycles. The number of hydrogen-bond acceptors (Lipinski definition) is 3. The predicted octanol–water partition coefficient (Wildman–Crippen LogP) is 1.94.